The Morgan fingerprint density at radius 3 is 2.69 bits per heavy atom. The number of amides is 2. The van der Waals surface area contributed by atoms with Crippen molar-refractivity contribution in [2.45, 2.75) is 75.7 Å². The number of carbonyl (C=O) groups is 2. The third kappa shape index (κ3) is 4.77. The van der Waals surface area contributed by atoms with Crippen molar-refractivity contribution in [3.05, 3.63) is 24.3 Å². The summed E-state index contributed by atoms with van der Waals surface area (Å²) < 4.78 is 1.96. The molecule has 4 rings (SSSR count). The molecule has 29 heavy (non-hydrogen) atoms. The van der Waals surface area contributed by atoms with E-state index in [2.05, 4.69) is 12.2 Å². The number of fused-ring (bicyclic) bond motifs is 1. The van der Waals surface area contributed by atoms with Gasteiger partial charge in [0, 0.05) is 18.6 Å². The van der Waals surface area contributed by atoms with Gasteiger partial charge in [0.15, 0.2) is 5.16 Å². The Labute approximate surface area is 176 Å². The highest BCUT2D eigenvalue weighted by Gasteiger charge is 2.24. The summed E-state index contributed by atoms with van der Waals surface area (Å²) in [6.45, 7) is 3.22. The number of nitrogens with one attached hydrogen (secondary N) is 1. The van der Waals surface area contributed by atoms with Crippen molar-refractivity contribution in [3.8, 4) is 0 Å². The largest absolute Gasteiger partial charge is 0.352 e. The van der Waals surface area contributed by atoms with E-state index in [9.17, 15) is 9.59 Å². The summed E-state index contributed by atoms with van der Waals surface area (Å²) in [6, 6.07) is 8.48. The number of carbonyl (C=O) groups excluding carboxylic acids is 2. The molecule has 1 saturated heterocycles. The highest BCUT2D eigenvalue weighted by Crippen LogP contribution is 2.26. The standard InChI is InChI=1S/C22H30N4O2S/c1-16-8-6-7-13-25(16)21(28)15-29-22-24-18-11-4-5-12-19(18)26(22)14-20(27)23-17-9-2-3-10-17/h4-5,11-12,16-17H,2-3,6-10,13-15H2,1H3,(H,23,27)/t16-/m1/s1. The summed E-state index contributed by atoms with van der Waals surface area (Å²) in [5, 5.41) is 3.90. The fraction of sp³-hybridized carbons (Fsp3) is 0.591. The molecule has 1 aliphatic heterocycles. The average Bonchev–Trinajstić information content (AvgIpc) is 3.34. The van der Waals surface area contributed by atoms with Crippen LogP contribution in [0.4, 0.5) is 0 Å². The number of benzene rings is 1. The third-order valence-corrected chi connectivity index (χ3v) is 7.05. The van der Waals surface area contributed by atoms with Gasteiger partial charge < -0.3 is 14.8 Å². The van der Waals surface area contributed by atoms with Gasteiger partial charge in [0.1, 0.15) is 6.54 Å². The van der Waals surface area contributed by atoms with Crippen LogP contribution in [-0.4, -0.2) is 50.6 Å². The molecule has 6 nitrogen and oxygen atoms in total. The smallest absolute Gasteiger partial charge is 0.240 e. The molecular weight excluding hydrogens is 384 g/mol. The number of imidazole rings is 1. The number of rotatable bonds is 6. The number of thioether (sulfide) groups is 1. The molecule has 2 aliphatic rings. The molecule has 0 unspecified atom stereocenters. The van der Waals surface area contributed by atoms with Crippen LogP contribution in [-0.2, 0) is 16.1 Å². The van der Waals surface area contributed by atoms with Crippen LogP contribution in [0.3, 0.4) is 0 Å². The van der Waals surface area contributed by atoms with Gasteiger partial charge in [-0.3, -0.25) is 9.59 Å². The van der Waals surface area contributed by atoms with E-state index < -0.39 is 0 Å². The van der Waals surface area contributed by atoms with Gasteiger partial charge in [-0.2, -0.15) is 0 Å². The van der Waals surface area contributed by atoms with Crippen molar-refractivity contribution in [2.24, 2.45) is 0 Å². The maximum absolute atomic E-state index is 12.7. The topological polar surface area (TPSA) is 67.2 Å². The Hall–Kier alpha value is -2.02. The van der Waals surface area contributed by atoms with E-state index >= 15 is 0 Å². The van der Waals surface area contributed by atoms with Crippen molar-refractivity contribution in [2.75, 3.05) is 12.3 Å². The molecule has 2 amide bonds. The maximum atomic E-state index is 12.7. The average molecular weight is 415 g/mol. The monoisotopic (exact) mass is 414 g/mol. The minimum absolute atomic E-state index is 0.0258. The van der Waals surface area contributed by atoms with Gasteiger partial charge in [0.25, 0.3) is 0 Å². The van der Waals surface area contributed by atoms with E-state index in [1.54, 1.807) is 0 Å². The van der Waals surface area contributed by atoms with Gasteiger partial charge in [-0.15, -0.1) is 0 Å². The number of nitrogens with zero attached hydrogens (tertiary/aromatic N) is 3. The Kier molecular flexibility index (Phi) is 6.43. The molecule has 2 heterocycles. The zero-order valence-electron chi connectivity index (χ0n) is 17.1. The Morgan fingerprint density at radius 2 is 1.90 bits per heavy atom. The fourth-order valence-electron chi connectivity index (χ4n) is 4.48. The van der Waals surface area contributed by atoms with E-state index in [0.717, 1.165) is 48.4 Å². The van der Waals surface area contributed by atoms with Crippen LogP contribution in [0.2, 0.25) is 0 Å². The minimum atomic E-state index is 0.0258. The molecule has 0 radical (unpaired) electrons. The van der Waals surface area contributed by atoms with E-state index in [1.165, 1.54) is 31.0 Å². The summed E-state index contributed by atoms with van der Waals surface area (Å²) >= 11 is 1.44. The summed E-state index contributed by atoms with van der Waals surface area (Å²) in [4.78, 5) is 32.1. The second kappa shape index (κ2) is 9.20. The third-order valence-electron chi connectivity index (χ3n) is 6.09. The van der Waals surface area contributed by atoms with Gasteiger partial charge in [0.2, 0.25) is 11.8 Å². The summed E-state index contributed by atoms with van der Waals surface area (Å²) in [5.74, 6) is 0.548. The van der Waals surface area contributed by atoms with Crippen LogP contribution < -0.4 is 5.32 Å². The maximum Gasteiger partial charge on any atom is 0.240 e. The molecule has 7 heteroatoms. The van der Waals surface area contributed by atoms with Crippen LogP contribution in [0.15, 0.2) is 29.4 Å². The fourth-order valence-corrected chi connectivity index (χ4v) is 5.38. The highest BCUT2D eigenvalue weighted by atomic mass is 32.2. The van der Waals surface area contributed by atoms with Gasteiger partial charge >= 0.3 is 0 Å². The minimum Gasteiger partial charge on any atom is -0.352 e. The first kappa shape index (κ1) is 20.3. The summed E-state index contributed by atoms with van der Waals surface area (Å²) in [7, 11) is 0. The summed E-state index contributed by atoms with van der Waals surface area (Å²) in [5.41, 5.74) is 1.80. The summed E-state index contributed by atoms with van der Waals surface area (Å²) in [6.07, 6.45) is 7.89. The number of hydrogen-bond acceptors (Lipinski definition) is 4. The van der Waals surface area contributed by atoms with Gasteiger partial charge in [-0.05, 0) is 51.2 Å². The van der Waals surface area contributed by atoms with Gasteiger partial charge in [0.05, 0.1) is 16.8 Å². The van der Waals surface area contributed by atoms with Crippen LogP contribution in [0.5, 0.6) is 0 Å². The van der Waals surface area contributed by atoms with E-state index in [-0.39, 0.29) is 18.4 Å². The van der Waals surface area contributed by atoms with E-state index in [4.69, 9.17) is 4.98 Å². The second-order valence-electron chi connectivity index (χ2n) is 8.24. The molecule has 1 atom stereocenters. The predicted molar refractivity (Wildman–Crippen MR) is 116 cm³/mol. The SMILES string of the molecule is C[C@@H]1CCCCN1C(=O)CSc1nc2ccccc2n1CC(=O)NC1CCCC1. The van der Waals surface area contributed by atoms with Crippen LogP contribution in [0.25, 0.3) is 11.0 Å². The number of likely N-dealkylation sites (tertiary alicyclic amines) is 1. The molecular formula is C22H30N4O2S. The van der Waals surface area contributed by atoms with Crippen molar-refractivity contribution >= 4 is 34.6 Å². The molecule has 2 aromatic rings. The predicted octanol–water partition coefficient (Wildman–Crippen LogP) is 3.59. The molecule has 1 saturated carbocycles. The van der Waals surface area contributed by atoms with Crippen LogP contribution in [0, 0.1) is 0 Å². The lowest BCUT2D eigenvalue weighted by Gasteiger charge is -2.33. The first-order chi connectivity index (χ1) is 14.1. The van der Waals surface area contributed by atoms with Crippen molar-refractivity contribution in [1.82, 2.24) is 19.8 Å². The first-order valence-electron chi connectivity index (χ1n) is 10.8. The number of para-hydroxylation sites is 2. The highest BCUT2D eigenvalue weighted by molar-refractivity contribution is 7.99. The van der Waals surface area contributed by atoms with Crippen LogP contribution >= 0.6 is 11.8 Å². The first-order valence-corrected chi connectivity index (χ1v) is 11.8. The molecule has 1 aromatic carbocycles. The van der Waals surface area contributed by atoms with Crippen molar-refractivity contribution in [1.29, 1.82) is 0 Å². The number of aromatic nitrogens is 2. The Morgan fingerprint density at radius 1 is 1.14 bits per heavy atom. The quantitative estimate of drug-likeness (QED) is 0.734. The number of piperidine rings is 1. The lowest BCUT2D eigenvalue weighted by molar-refractivity contribution is -0.131. The van der Waals surface area contributed by atoms with E-state index in [0.29, 0.717) is 17.8 Å². The Balaban J connectivity index is 1.47. The van der Waals surface area contributed by atoms with Crippen LogP contribution in [0.1, 0.15) is 51.9 Å². The second-order valence-corrected chi connectivity index (χ2v) is 9.18. The molecule has 0 spiro atoms. The molecule has 0 bridgehead atoms. The van der Waals surface area contributed by atoms with Gasteiger partial charge in [-0.1, -0.05) is 36.7 Å². The molecule has 2 fully saturated rings. The lowest BCUT2D eigenvalue weighted by atomic mass is 10.0. The molecule has 1 aromatic heterocycles. The normalized spacial score (nSPS) is 20.3. The molecule has 1 aliphatic carbocycles. The van der Waals surface area contributed by atoms with E-state index in [1.807, 2.05) is 33.7 Å². The van der Waals surface area contributed by atoms with Gasteiger partial charge in [-0.25, -0.2) is 4.98 Å². The molecule has 1 N–H and O–H groups in total. The van der Waals surface area contributed by atoms with Crippen molar-refractivity contribution in [3.63, 3.8) is 0 Å². The number of hydrogen-bond donors (Lipinski definition) is 1. The molecule has 156 valence electrons. The van der Waals surface area contributed by atoms with Crippen molar-refractivity contribution < 1.29 is 9.59 Å². The zero-order chi connectivity index (χ0) is 20.2. The zero-order valence-corrected chi connectivity index (χ0v) is 17.9. The Bertz CT molecular complexity index is 875. The lowest BCUT2D eigenvalue weighted by Crippen LogP contribution is -2.43.